The number of nitrogens with one attached hydrogen (secondary N) is 1. The van der Waals surface area contributed by atoms with Gasteiger partial charge < -0.3 is 19.9 Å². The van der Waals surface area contributed by atoms with E-state index >= 15 is 0 Å². The van der Waals surface area contributed by atoms with Gasteiger partial charge >= 0.3 is 5.97 Å². The van der Waals surface area contributed by atoms with Gasteiger partial charge in [-0.25, -0.2) is 9.48 Å². The second kappa shape index (κ2) is 5.20. The Kier molecular flexibility index (Phi) is 3.15. The Hall–Kier alpha value is -2.68. The highest BCUT2D eigenvalue weighted by Gasteiger charge is 2.28. The predicted octanol–water partition coefficient (Wildman–Crippen LogP) is 1.71. The molecule has 0 radical (unpaired) electrons. The molecule has 9 heteroatoms. The molecule has 2 aromatic rings. The fourth-order valence-corrected chi connectivity index (χ4v) is 2.87. The van der Waals surface area contributed by atoms with Crippen LogP contribution in [-0.4, -0.2) is 38.9 Å². The van der Waals surface area contributed by atoms with Crippen molar-refractivity contribution in [1.82, 2.24) is 14.8 Å². The Morgan fingerprint density at radius 1 is 1.43 bits per heavy atom. The number of carboxylic acids is 1. The molecule has 2 aliphatic heterocycles. The van der Waals surface area contributed by atoms with Gasteiger partial charge in [0.15, 0.2) is 11.5 Å². The minimum absolute atomic E-state index is 0.0696. The minimum atomic E-state index is -1.05. The molecule has 0 amide bonds. The molecule has 0 fully saturated rings. The number of ether oxygens (including phenoxy) is 2. The first-order valence-corrected chi connectivity index (χ1v) is 8.00. The number of carbonyl (C=O) groups is 1. The summed E-state index contributed by atoms with van der Waals surface area (Å²) < 4.78 is 12.4. The van der Waals surface area contributed by atoms with Crippen molar-refractivity contribution < 1.29 is 19.4 Å². The SMILES string of the molecule is CSc1nc2n(n1)[C@@H](c1ccc3c(c1)OCO3)C=C(C(=O)O)N2. The van der Waals surface area contributed by atoms with E-state index in [9.17, 15) is 9.90 Å². The summed E-state index contributed by atoms with van der Waals surface area (Å²) in [6.07, 6.45) is 3.47. The van der Waals surface area contributed by atoms with Crippen molar-refractivity contribution in [3.63, 3.8) is 0 Å². The molecule has 0 bridgehead atoms. The molecule has 0 unspecified atom stereocenters. The summed E-state index contributed by atoms with van der Waals surface area (Å²) in [6.45, 7) is 0.187. The van der Waals surface area contributed by atoms with Crippen LogP contribution in [0.1, 0.15) is 11.6 Å². The summed E-state index contributed by atoms with van der Waals surface area (Å²) in [5, 5.41) is 17.1. The van der Waals surface area contributed by atoms with E-state index in [1.165, 1.54) is 11.8 Å². The maximum Gasteiger partial charge on any atom is 0.352 e. The summed E-state index contributed by atoms with van der Waals surface area (Å²) in [5.74, 6) is 0.666. The van der Waals surface area contributed by atoms with Crippen LogP contribution in [-0.2, 0) is 4.79 Å². The molecule has 4 rings (SSSR count). The van der Waals surface area contributed by atoms with Crippen molar-refractivity contribution in [2.75, 3.05) is 18.4 Å². The second-order valence-electron chi connectivity index (χ2n) is 4.93. The van der Waals surface area contributed by atoms with Gasteiger partial charge in [-0.1, -0.05) is 17.8 Å². The van der Waals surface area contributed by atoms with E-state index in [0.29, 0.717) is 22.6 Å². The summed E-state index contributed by atoms with van der Waals surface area (Å²) in [5.41, 5.74) is 0.911. The van der Waals surface area contributed by atoms with Crippen molar-refractivity contribution in [1.29, 1.82) is 0 Å². The third-order valence-electron chi connectivity index (χ3n) is 3.60. The number of fused-ring (bicyclic) bond motifs is 2. The third-order valence-corrected chi connectivity index (χ3v) is 4.14. The van der Waals surface area contributed by atoms with Crippen LogP contribution in [0.2, 0.25) is 0 Å². The molecule has 1 aromatic carbocycles. The molecular weight excluding hydrogens is 320 g/mol. The van der Waals surface area contributed by atoms with Gasteiger partial charge in [0.05, 0.1) is 0 Å². The lowest BCUT2D eigenvalue weighted by molar-refractivity contribution is -0.132. The minimum Gasteiger partial charge on any atom is -0.477 e. The lowest BCUT2D eigenvalue weighted by Crippen LogP contribution is -2.24. The Morgan fingerprint density at radius 2 is 2.26 bits per heavy atom. The maximum atomic E-state index is 11.4. The fourth-order valence-electron chi connectivity index (χ4n) is 2.52. The normalized spacial score (nSPS) is 18.1. The van der Waals surface area contributed by atoms with E-state index in [0.717, 1.165) is 5.56 Å². The predicted molar refractivity (Wildman–Crippen MR) is 81.8 cm³/mol. The number of aromatic nitrogens is 3. The zero-order valence-electron chi connectivity index (χ0n) is 12.0. The first-order valence-electron chi connectivity index (χ1n) is 6.78. The van der Waals surface area contributed by atoms with Gasteiger partial charge in [0.2, 0.25) is 17.9 Å². The highest BCUT2D eigenvalue weighted by molar-refractivity contribution is 7.98. The molecule has 23 heavy (non-hydrogen) atoms. The van der Waals surface area contributed by atoms with Crippen LogP contribution in [0.5, 0.6) is 11.5 Å². The van der Waals surface area contributed by atoms with Crippen molar-refractivity contribution >= 4 is 23.7 Å². The lowest BCUT2D eigenvalue weighted by Gasteiger charge is -2.22. The molecule has 0 saturated heterocycles. The average molecular weight is 332 g/mol. The number of hydrogen-bond acceptors (Lipinski definition) is 7. The largest absolute Gasteiger partial charge is 0.477 e. The number of aliphatic carboxylic acids is 1. The number of carboxylic acid groups (broad SMARTS) is 1. The van der Waals surface area contributed by atoms with Gasteiger partial charge in [0.1, 0.15) is 11.7 Å². The summed E-state index contributed by atoms with van der Waals surface area (Å²) >= 11 is 1.39. The van der Waals surface area contributed by atoms with Crippen LogP contribution < -0.4 is 14.8 Å². The smallest absolute Gasteiger partial charge is 0.352 e. The fraction of sp³-hybridized carbons (Fsp3) is 0.214. The summed E-state index contributed by atoms with van der Waals surface area (Å²) in [6, 6.07) is 5.11. The van der Waals surface area contributed by atoms with Crippen molar-refractivity contribution in [2.24, 2.45) is 0 Å². The van der Waals surface area contributed by atoms with Crippen molar-refractivity contribution in [3.05, 3.63) is 35.5 Å². The quantitative estimate of drug-likeness (QED) is 0.820. The van der Waals surface area contributed by atoms with Gasteiger partial charge in [-0.2, -0.15) is 4.98 Å². The average Bonchev–Trinajstić information content (AvgIpc) is 3.18. The molecule has 2 aliphatic rings. The van der Waals surface area contributed by atoms with Gasteiger partial charge in [0.25, 0.3) is 0 Å². The number of nitrogens with zero attached hydrogens (tertiary/aromatic N) is 3. The van der Waals surface area contributed by atoms with Gasteiger partial charge in [-0.15, -0.1) is 5.10 Å². The highest BCUT2D eigenvalue weighted by Crippen LogP contribution is 2.37. The number of rotatable bonds is 3. The molecule has 0 aliphatic carbocycles. The van der Waals surface area contributed by atoms with E-state index in [1.54, 1.807) is 16.8 Å². The van der Waals surface area contributed by atoms with Gasteiger partial charge in [-0.3, -0.25) is 0 Å². The van der Waals surface area contributed by atoms with E-state index in [-0.39, 0.29) is 18.5 Å². The van der Waals surface area contributed by atoms with E-state index in [1.807, 2.05) is 18.4 Å². The Balaban J connectivity index is 1.82. The van der Waals surface area contributed by atoms with Crippen molar-refractivity contribution in [2.45, 2.75) is 11.2 Å². The Morgan fingerprint density at radius 3 is 3.04 bits per heavy atom. The van der Waals surface area contributed by atoms with Gasteiger partial charge in [-0.05, 0) is 30.0 Å². The van der Waals surface area contributed by atoms with Gasteiger partial charge in [0, 0.05) is 0 Å². The first-order chi connectivity index (χ1) is 11.2. The number of anilines is 1. The topological polar surface area (TPSA) is 98.5 Å². The molecule has 0 saturated carbocycles. The Labute approximate surface area is 135 Å². The Bertz CT molecular complexity index is 832. The molecule has 118 valence electrons. The molecule has 1 atom stereocenters. The number of benzene rings is 1. The van der Waals surface area contributed by atoms with Crippen LogP contribution >= 0.6 is 11.8 Å². The molecular formula is C14H12N4O4S. The van der Waals surface area contributed by atoms with Crippen LogP contribution in [0.15, 0.2) is 35.1 Å². The standard InChI is InChI=1S/C14H12N4O4S/c1-23-14-16-13-15-8(12(19)20)5-9(18(13)17-14)7-2-3-10-11(4-7)22-6-21-10/h2-5,9H,6H2,1H3,(H,19,20)(H,15,16,17)/t9-/m1/s1. The second-order valence-corrected chi connectivity index (χ2v) is 5.71. The van der Waals surface area contributed by atoms with Crippen LogP contribution in [0.4, 0.5) is 5.95 Å². The van der Waals surface area contributed by atoms with E-state index in [2.05, 4.69) is 15.4 Å². The molecule has 0 spiro atoms. The molecule has 1 aromatic heterocycles. The molecule has 8 nitrogen and oxygen atoms in total. The van der Waals surface area contributed by atoms with Crippen LogP contribution in [0.25, 0.3) is 0 Å². The molecule has 3 heterocycles. The molecule has 2 N–H and O–H groups in total. The lowest BCUT2D eigenvalue weighted by atomic mass is 10.0. The van der Waals surface area contributed by atoms with Crippen molar-refractivity contribution in [3.8, 4) is 11.5 Å². The van der Waals surface area contributed by atoms with Crippen LogP contribution in [0.3, 0.4) is 0 Å². The monoisotopic (exact) mass is 332 g/mol. The number of thioether (sulfide) groups is 1. The zero-order chi connectivity index (χ0) is 16.0. The van der Waals surface area contributed by atoms with E-state index < -0.39 is 5.97 Å². The first kappa shape index (κ1) is 13.9. The number of allylic oxidation sites excluding steroid dienone is 1. The highest BCUT2D eigenvalue weighted by atomic mass is 32.2. The zero-order valence-corrected chi connectivity index (χ0v) is 12.8. The maximum absolute atomic E-state index is 11.4. The van der Waals surface area contributed by atoms with Crippen LogP contribution in [0, 0.1) is 0 Å². The van der Waals surface area contributed by atoms with E-state index in [4.69, 9.17) is 9.47 Å². The third kappa shape index (κ3) is 2.29. The number of hydrogen-bond donors (Lipinski definition) is 2. The summed E-state index contributed by atoms with van der Waals surface area (Å²) in [4.78, 5) is 15.7. The summed E-state index contributed by atoms with van der Waals surface area (Å²) in [7, 11) is 0.